The van der Waals surface area contributed by atoms with Gasteiger partial charge in [-0.05, 0) is 18.2 Å². The van der Waals surface area contributed by atoms with E-state index in [0.29, 0.717) is 33.3 Å². The molecule has 7 nitrogen and oxygen atoms in total. The molecule has 10 heteroatoms. The molecule has 3 aromatic rings. The number of anilines is 1. The fourth-order valence-corrected chi connectivity index (χ4v) is 3.98. The number of aromatic nitrogens is 3. The molecule has 0 spiro atoms. The molecule has 2 aromatic carbocycles. The third-order valence-electron chi connectivity index (χ3n) is 4.08. The highest BCUT2D eigenvalue weighted by Crippen LogP contribution is 2.26. The van der Waals surface area contributed by atoms with Gasteiger partial charge >= 0.3 is 0 Å². The van der Waals surface area contributed by atoms with Crippen molar-refractivity contribution in [3.8, 4) is 11.4 Å². The molecule has 0 aliphatic carbocycles. The Bertz CT molecular complexity index is 977. The number of halogens is 2. The number of rotatable bonds is 9. The van der Waals surface area contributed by atoms with Crippen molar-refractivity contribution in [1.29, 1.82) is 0 Å². The first kappa shape index (κ1) is 22.6. The lowest BCUT2D eigenvalue weighted by Gasteiger charge is -2.17. The summed E-state index contributed by atoms with van der Waals surface area (Å²) in [6.45, 7) is 0.373. The van der Waals surface area contributed by atoms with Gasteiger partial charge in [0.1, 0.15) is 0 Å². The molecule has 1 N–H and O–H groups in total. The Hall–Kier alpha value is -2.10. The first-order valence-electron chi connectivity index (χ1n) is 8.93. The van der Waals surface area contributed by atoms with E-state index in [2.05, 4.69) is 15.5 Å². The smallest absolute Gasteiger partial charge is 0.234 e. The van der Waals surface area contributed by atoms with Crippen molar-refractivity contribution in [3.63, 3.8) is 0 Å². The quantitative estimate of drug-likeness (QED) is 0.366. The van der Waals surface area contributed by atoms with Crippen LogP contribution in [0.1, 0.15) is 0 Å². The maximum Gasteiger partial charge on any atom is 0.234 e. The summed E-state index contributed by atoms with van der Waals surface area (Å²) >= 11 is 13.2. The largest absolute Gasteiger partial charge is 0.354 e. The zero-order chi connectivity index (χ0) is 21.5. The van der Waals surface area contributed by atoms with Crippen molar-refractivity contribution in [2.24, 2.45) is 0 Å². The average Bonchev–Trinajstić information content (AvgIpc) is 3.12. The number of methoxy groups -OCH3 is 2. The molecule has 0 saturated heterocycles. The highest BCUT2D eigenvalue weighted by Gasteiger charge is 2.19. The molecule has 0 saturated carbocycles. The summed E-state index contributed by atoms with van der Waals surface area (Å²) in [5.41, 5.74) is 1.43. The maximum absolute atomic E-state index is 12.4. The van der Waals surface area contributed by atoms with E-state index < -0.39 is 6.29 Å². The standard InChI is InChI=1S/C20H20Cl2N4O3S/c1-28-18(29-2)11-26-19(13-6-4-3-5-7-13)24-25-20(26)30-12-17(27)23-16-9-14(21)8-15(22)10-16/h3-10,18H,11-12H2,1-2H3,(H,23,27). The highest BCUT2D eigenvalue weighted by atomic mass is 35.5. The van der Waals surface area contributed by atoms with Crippen LogP contribution in [0.3, 0.4) is 0 Å². The normalized spacial score (nSPS) is 11.1. The van der Waals surface area contributed by atoms with Gasteiger partial charge in [-0.25, -0.2) is 0 Å². The lowest BCUT2D eigenvalue weighted by atomic mass is 10.2. The van der Waals surface area contributed by atoms with Crippen molar-refractivity contribution < 1.29 is 14.3 Å². The fraction of sp³-hybridized carbons (Fsp3) is 0.250. The summed E-state index contributed by atoms with van der Waals surface area (Å²) in [7, 11) is 3.13. The molecule has 1 amide bonds. The van der Waals surface area contributed by atoms with Crippen LogP contribution in [0.4, 0.5) is 5.69 Å². The van der Waals surface area contributed by atoms with Crippen LogP contribution in [0, 0.1) is 0 Å². The number of carbonyl (C=O) groups excluding carboxylic acids is 1. The van der Waals surface area contributed by atoms with E-state index >= 15 is 0 Å². The van der Waals surface area contributed by atoms with E-state index in [0.717, 1.165) is 5.56 Å². The van der Waals surface area contributed by atoms with E-state index in [1.54, 1.807) is 32.4 Å². The van der Waals surface area contributed by atoms with E-state index in [-0.39, 0.29) is 11.7 Å². The topological polar surface area (TPSA) is 78.3 Å². The molecule has 158 valence electrons. The van der Waals surface area contributed by atoms with Gasteiger partial charge in [0, 0.05) is 35.5 Å². The van der Waals surface area contributed by atoms with Crippen LogP contribution in [-0.4, -0.2) is 46.9 Å². The molecule has 0 aliphatic rings. The van der Waals surface area contributed by atoms with Gasteiger partial charge in [-0.2, -0.15) is 0 Å². The number of carbonyl (C=O) groups is 1. The van der Waals surface area contributed by atoms with Gasteiger partial charge in [-0.3, -0.25) is 9.36 Å². The third kappa shape index (κ3) is 5.96. The van der Waals surface area contributed by atoms with Crippen LogP contribution in [-0.2, 0) is 20.8 Å². The molecule has 1 heterocycles. The van der Waals surface area contributed by atoms with Crippen LogP contribution in [0.25, 0.3) is 11.4 Å². The van der Waals surface area contributed by atoms with E-state index in [9.17, 15) is 4.79 Å². The molecule has 1 aromatic heterocycles. The summed E-state index contributed by atoms with van der Waals surface area (Å²) in [5.74, 6) is 0.574. The van der Waals surface area contributed by atoms with Crippen molar-refractivity contribution in [2.75, 3.05) is 25.3 Å². The van der Waals surface area contributed by atoms with Crippen molar-refractivity contribution in [2.45, 2.75) is 18.0 Å². The van der Waals surface area contributed by atoms with Crippen LogP contribution in [0.15, 0.2) is 53.7 Å². The van der Waals surface area contributed by atoms with Crippen LogP contribution < -0.4 is 5.32 Å². The minimum atomic E-state index is -0.481. The van der Waals surface area contributed by atoms with Gasteiger partial charge < -0.3 is 14.8 Å². The Morgan fingerprint density at radius 3 is 2.40 bits per heavy atom. The first-order valence-corrected chi connectivity index (χ1v) is 10.7. The van der Waals surface area contributed by atoms with Gasteiger partial charge in [0.15, 0.2) is 17.3 Å². The summed E-state index contributed by atoms with van der Waals surface area (Å²) in [6, 6.07) is 14.5. The monoisotopic (exact) mass is 466 g/mol. The molecule has 3 rings (SSSR count). The second-order valence-electron chi connectivity index (χ2n) is 6.18. The number of nitrogens with one attached hydrogen (secondary N) is 1. The van der Waals surface area contributed by atoms with Crippen molar-refractivity contribution in [3.05, 3.63) is 58.6 Å². The zero-order valence-electron chi connectivity index (χ0n) is 16.3. The average molecular weight is 467 g/mol. The molecular formula is C20H20Cl2N4O3S. The zero-order valence-corrected chi connectivity index (χ0v) is 18.7. The number of ether oxygens (including phenoxy) is 2. The van der Waals surface area contributed by atoms with Gasteiger partial charge in [0.2, 0.25) is 5.91 Å². The van der Waals surface area contributed by atoms with E-state index in [4.69, 9.17) is 32.7 Å². The Labute approximate surface area is 188 Å². The molecule has 0 bridgehead atoms. The summed E-state index contributed by atoms with van der Waals surface area (Å²) in [5, 5.41) is 12.8. The minimum absolute atomic E-state index is 0.127. The Kier molecular flexibility index (Phi) is 8.12. The lowest BCUT2D eigenvalue weighted by Crippen LogP contribution is -2.22. The molecule has 30 heavy (non-hydrogen) atoms. The van der Waals surface area contributed by atoms with Crippen LogP contribution in [0.2, 0.25) is 10.0 Å². The first-order chi connectivity index (χ1) is 14.5. The Morgan fingerprint density at radius 1 is 1.10 bits per heavy atom. The number of hydrogen-bond donors (Lipinski definition) is 1. The van der Waals surface area contributed by atoms with E-state index in [1.165, 1.54) is 11.8 Å². The predicted molar refractivity (Wildman–Crippen MR) is 119 cm³/mol. The third-order valence-corrected chi connectivity index (χ3v) is 5.49. The summed E-state index contributed by atoms with van der Waals surface area (Å²) < 4.78 is 12.5. The van der Waals surface area contributed by atoms with Gasteiger partial charge in [-0.15, -0.1) is 10.2 Å². The molecule has 0 aliphatic heterocycles. The Morgan fingerprint density at radius 2 is 1.77 bits per heavy atom. The van der Waals surface area contributed by atoms with E-state index in [1.807, 2.05) is 34.9 Å². The second-order valence-corrected chi connectivity index (χ2v) is 7.99. The minimum Gasteiger partial charge on any atom is -0.354 e. The number of hydrogen-bond acceptors (Lipinski definition) is 6. The Balaban J connectivity index is 1.76. The number of thioether (sulfide) groups is 1. The van der Waals surface area contributed by atoms with Gasteiger partial charge in [0.05, 0.1) is 12.3 Å². The summed E-state index contributed by atoms with van der Waals surface area (Å²) in [4.78, 5) is 12.4. The van der Waals surface area contributed by atoms with Crippen molar-refractivity contribution in [1.82, 2.24) is 14.8 Å². The van der Waals surface area contributed by atoms with Gasteiger partial charge in [0.25, 0.3) is 0 Å². The molecule has 0 unspecified atom stereocenters. The van der Waals surface area contributed by atoms with Crippen molar-refractivity contribution >= 4 is 46.6 Å². The van der Waals surface area contributed by atoms with Gasteiger partial charge in [-0.1, -0.05) is 65.3 Å². The molecular weight excluding hydrogens is 447 g/mol. The number of nitrogens with zero attached hydrogens (tertiary/aromatic N) is 3. The second kappa shape index (κ2) is 10.8. The maximum atomic E-state index is 12.4. The van der Waals surface area contributed by atoms with Crippen LogP contribution >= 0.6 is 35.0 Å². The predicted octanol–water partition coefficient (Wildman–Crippen LogP) is 4.60. The number of benzene rings is 2. The summed E-state index contributed by atoms with van der Waals surface area (Å²) in [6.07, 6.45) is -0.481. The highest BCUT2D eigenvalue weighted by molar-refractivity contribution is 7.99. The lowest BCUT2D eigenvalue weighted by molar-refractivity contribution is -0.113. The SMILES string of the molecule is COC(Cn1c(SCC(=O)Nc2cc(Cl)cc(Cl)c2)nnc1-c1ccccc1)OC. The number of amides is 1. The fourth-order valence-electron chi connectivity index (χ4n) is 2.71. The van der Waals surface area contributed by atoms with Crippen LogP contribution in [0.5, 0.6) is 0 Å². The molecule has 0 atom stereocenters. The molecule has 0 fully saturated rings. The molecule has 0 radical (unpaired) electrons.